The van der Waals surface area contributed by atoms with Gasteiger partial charge in [-0.3, -0.25) is 4.79 Å². The zero-order valence-electron chi connectivity index (χ0n) is 12.6. The molecule has 0 unspecified atom stereocenters. The summed E-state index contributed by atoms with van der Waals surface area (Å²) in [7, 11) is 0. The normalized spacial score (nSPS) is 11.5. The van der Waals surface area contributed by atoms with Crippen molar-refractivity contribution in [1.82, 2.24) is 9.78 Å². The number of carbonyl (C=O) groups is 1. The Kier molecular flexibility index (Phi) is 4.03. The van der Waals surface area contributed by atoms with Gasteiger partial charge in [-0.2, -0.15) is 18.3 Å². The van der Waals surface area contributed by atoms with Crippen molar-refractivity contribution in [1.29, 1.82) is 0 Å². The van der Waals surface area contributed by atoms with Crippen molar-refractivity contribution in [3.8, 4) is 16.9 Å². The lowest BCUT2D eigenvalue weighted by molar-refractivity contribution is -0.141. The molecule has 3 aromatic rings. The van der Waals surface area contributed by atoms with Crippen molar-refractivity contribution in [2.24, 2.45) is 5.73 Å². The third-order valence-electron chi connectivity index (χ3n) is 3.54. The van der Waals surface area contributed by atoms with Crippen LogP contribution in [-0.4, -0.2) is 15.7 Å². The highest BCUT2D eigenvalue weighted by Gasteiger charge is 2.35. The van der Waals surface area contributed by atoms with Crippen LogP contribution >= 0.6 is 0 Å². The number of amides is 1. The number of nitrogens with zero attached hydrogens (tertiary/aromatic N) is 2. The van der Waals surface area contributed by atoms with Gasteiger partial charge in [-0.25, -0.2) is 9.07 Å². The number of alkyl halides is 3. The van der Waals surface area contributed by atoms with Crippen molar-refractivity contribution in [2.75, 3.05) is 0 Å². The van der Waals surface area contributed by atoms with Gasteiger partial charge >= 0.3 is 6.18 Å². The minimum atomic E-state index is -4.63. The molecule has 2 N–H and O–H groups in total. The monoisotopic (exact) mass is 349 g/mol. The van der Waals surface area contributed by atoms with Gasteiger partial charge in [-0.15, -0.1) is 0 Å². The van der Waals surface area contributed by atoms with Crippen LogP contribution in [0.2, 0.25) is 0 Å². The number of halogens is 4. The summed E-state index contributed by atoms with van der Waals surface area (Å²) < 4.78 is 53.3. The number of benzene rings is 2. The molecular weight excluding hydrogens is 338 g/mol. The summed E-state index contributed by atoms with van der Waals surface area (Å²) in [5.74, 6) is -1.15. The lowest BCUT2D eigenvalue weighted by Gasteiger charge is -2.08. The lowest BCUT2D eigenvalue weighted by atomic mass is 10.1. The molecule has 25 heavy (non-hydrogen) atoms. The van der Waals surface area contributed by atoms with E-state index in [1.165, 1.54) is 36.4 Å². The molecule has 0 saturated carbocycles. The number of carbonyl (C=O) groups excluding carboxylic acids is 1. The smallest absolute Gasteiger partial charge is 0.366 e. The van der Waals surface area contributed by atoms with Gasteiger partial charge in [0, 0.05) is 11.1 Å². The second-order valence-corrected chi connectivity index (χ2v) is 5.24. The molecule has 1 aromatic heterocycles. The maximum atomic E-state index is 13.1. The van der Waals surface area contributed by atoms with Gasteiger partial charge in [0.2, 0.25) is 5.91 Å². The van der Waals surface area contributed by atoms with Gasteiger partial charge in [-0.1, -0.05) is 0 Å². The van der Waals surface area contributed by atoms with E-state index in [9.17, 15) is 22.4 Å². The maximum Gasteiger partial charge on any atom is 0.435 e. The average Bonchev–Trinajstić information content (AvgIpc) is 3.01. The Morgan fingerprint density at radius 1 is 1.00 bits per heavy atom. The first-order valence-corrected chi connectivity index (χ1v) is 7.09. The van der Waals surface area contributed by atoms with Crippen molar-refractivity contribution < 1.29 is 22.4 Å². The molecule has 128 valence electrons. The molecule has 2 aromatic carbocycles. The van der Waals surface area contributed by atoms with Crippen LogP contribution in [-0.2, 0) is 6.18 Å². The van der Waals surface area contributed by atoms with E-state index in [0.29, 0.717) is 11.3 Å². The summed E-state index contributed by atoms with van der Waals surface area (Å²) in [6.07, 6.45) is -4.63. The molecule has 1 amide bonds. The van der Waals surface area contributed by atoms with Gasteiger partial charge in [0.1, 0.15) is 5.82 Å². The molecule has 1 heterocycles. The predicted molar refractivity (Wildman–Crippen MR) is 82.5 cm³/mol. The van der Waals surface area contributed by atoms with Crippen molar-refractivity contribution >= 4 is 5.91 Å². The van der Waals surface area contributed by atoms with Crippen molar-refractivity contribution in [3.05, 3.63) is 71.7 Å². The zero-order valence-corrected chi connectivity index (χ0v) is 12.6. The van der Waals surface area contributed by atoms with E-state index < -0.39 is 23.6 Å². The van der Waals surface area contributed by atoms with Crippen molar-refractivity contribution in [3.63, 3.8) is 0 Å². The summed E-state index contributed by atoms with van der Waals surface area (Å²) in [5.41, 5.74) is 5.10. The van der Waals surface area contributed by atoms with Crippen LogP contribution in [0.4, 0.5) is 17.6 Å². The Bertz CT molecular complexity index is 913. The van der Waals surface area contributed by atoms with E-state index in [2.05, 4.69) is 5.10 Å². The Hall–Kier alpha value is -3.16. The van der Waals surface area contributed by atoms with Crippen LogP contribution in [0.1, 0.15) is 16.1 Å². The molecule has 0 aliphatic heterocycles. The summed E-state index contributed by atoms with van der Waals surface area (Å²) in [6.45, 7) is 0. The number of hydrogen-bond acceptors (Lipinski definition) is 2. The van der Waals surface area contributed by atoms with Gasteiger partial charge in [0.15, 0.2) is 5.69 Å². The predicted octanol–water partition coefficient (Wildman–Crippen LogP) is 3.80. The lowest BCUT2D eigenvalue weighted by Crippen LogP contribution is -2.11. The van der Waals surface area contributed by atoms with E-state index in [-0.39, 0.29) is 11.3 Å². The van der Waals surface area contributed by atoms with Crippen LogP contribution < -0.4 is 5.73 Å². The van der Waals surface area contributed by atoms with E-state index >= 15 is 0 Å². The summed E-state index contributed by atoms with van der Waals surface area (Å²) in [4.78, 5) is 11.1. The fourth-order valence-corrected chi connectivity index (χ4v) is 2.31. The van der Waals surface area contributed by atoms with Crippen LogP contribution in [0.25, 0.3) is 16.9 Å². The van der Waals surface area contributed by atoms with E-state index in [1.54, 1.807) is 0 Å². The fourth-order valence-electron chi connectivity index (χ4n) is 2.31. The zero-order chi connectivity index (χ0) is 18.2. The fraction of sp³-hybridized carbons (Fsp3) is 0.0588. The van der Waals surface area contributed by atoms with Crippen LogP contribution in [0, 0.1) is 5.82 Å². The molecule has 4 nitrogen and oxygen atoms in total. The van der Waals surface area contributed by atoms with E-state index in [4.69, 9.17) is 5.73 Å². The highest BCUT2D eigenvalue weighted by molar-refractivity contribution is 5.92. The quantitative estimate of drug-likeness (QED) is 0.731. The topological polar surface area (TPSA) is 60.9 Å². The molecule has 8 heteroatoms. The first-order valence-electron chi connectivity index (χ1n) is 7.09. The van der Waals surface area contributed by atoms with Crippen LogP contribution in [0.5, 0.6) is 0 Å². The molecule has 3 rings (SSSR count). The number of rotatable bonds is 3. The molecule has 0 aliphatic carbocycles. The molecule has 0 saturated heterocycles. The Labute approximate surface area is 139 Å². The molecule has 0 fully saturated rings. The largest absolute Gasteiger partial charge is 0.435 e. The summed E-state index contributed by atoms with van der Waals surface area (Å²) >= 11 is 0. The molecule has 0 atom stereocenters. The van der Waals surface area contributed by atoms with Crippen molar-refractivity contribution in [2.45, 2.75) is 6.18 Å². The highest BCUT2D eigenvalue weighted by Crippen LogP contribution is 2.33. The van der Waals surface area contributed by atoms with E-state index in [0.717, 1.165) is 22.9 Å². The van der Waals surface area contributed by atoms with Gasteiger partial charge in [-0.05, 0) is 54.6 Å². The SMILES string of the molecule is NC(=O)c1ccc(-n2nc(C(F)(F)F)cc2-c2ccc(F)cc2)cc1. The molecule has 0 aliphatic rings. The molecular formula is C17H11F4N3O. The first kappa shape index (κ1) is 16.7. The number of aromatic nitrogens is 2. The third-order valence-corrected chi connectivity index (χ3v) is 3.54. The highest BCUT2D eigenvalue weighted by atomic mass is 19.4. The minimum Gasteiger partial charge on any atom is -0.366 e. The molecule has 0 radical (unpaired) electrons. The number of nitrogens with two attached hydrogens (primary N) is 1. The second-order valence-electron chi connectivity index (χ2n) is 5.24. The average molecular weight is 349 g/mol. The molecule has 0 spiro atoms. The summed E-state index contributed by atoms with van der Waals surface area (Å²) in [6, 6.07) is 11.5. The second kappa shape index (κ2) is 6.04. The first-order chi connectivity index (χ1) is 11.8. The van der Waals surface area contributed by atoms with Gasteiger partial charge < -0.3 is 5.73 Å². The van der Waals surface area contributed by atoms with Crippen LogP contribution in [0.3, 0.4) is 0 Å². The number of primary amides is 1. The Balaban J connectivity index is 2.15. The number of hydrogen-bond donors (Lipinski definition) is 1. The minimum absolute atomic E-state index is 0.138. The van der Waals surface area contributed by atoms with Gasteiger partial charge in [0.25, 0.3) is 0 Å². The standard InChI is InChI=1S/C17H11F4N3O/c18-12-5-1-10(2-6-12)14-9-15(17(19,20)21)23-24(14)13-7-3-11(4-8-13)16(22)25/h1-9H,(H2,22,25). The molecule has 0 bridgehead atoms. The Morgan fingerprint density at radius 3 is 2.12 bits per heavy atom. The summed E-state index contributed by atoms with van der Waals surface area (Å²) in [5, 5.41) is 3.61. The van der Waals surface area contributed by atoms with Crippen LogP contribution in [0.15, 0.2) is 54.6 Å². The Morgan fingerprint density at radius 2 is 1.60 bits per heavy atom. The maximum absolute atomic E-state index is 13.1. The van der Waals surface area contributed by atoms with Gasteiger partial charge in [0.05, 0.1) is 11.4 Å². The van der Waals surface area contributed by atoms with E-state index in [1.807, 2.05) is 0 Å². The third kappa shape index (κ3) is 3.37.